The van der Waals surface area contributed by atoms with E-state index in [1.807, 2.05) is 60.4 Å². The number of pyridine rings is 1. The second-order valence-electron chi connectivity index (χ2n) is 7.28. The van der Waals surface area contributed by atoms with Gasteiger partial charge in [-0.2, -0.15) is 0 Å². The van der Waals surface area contributed by atoms with Gasteiger partial charge in [-0.3, -0.25) is 4.79 Å². The first-order valence-electron chi connectivity index (χ1n) is 10.1. The SMILES string of the molecule is CCOc1ccc(C(=O)N2CC[C@@H](n3c(-c4ccco4)nc4cccnc43)C2)cc1. The molecule has 3 aromatic heterocycles. The number of nitrogens with zero attached hydrogens (tertiary/aromatic N) is 4. The van der Waals surface area contributed by atoms with Gasteiger partial charge in [0.1, 0.15) is 11.3 Å². The van der Waals surface area contributed by atoms with Crippen LogP contribution >= 0.6 is 0 Å². The molecule has 1 aliphatic rings. The minimum atomic E-state index is 0.0254. The van der Waals surface area contributed by atoms with E-state index in [0.29, 0.717) is 31.0 Å². The number of amides is 1. The molecule has 5 rings (SSSR count). The van der Waals surface area contributed by atoms with Crippen LogP contribution in [0.15, 0.2) is 65.4 Å². The quantitative estimate of drug-likeness (QED) is 0.501. The minimum Gasteiger partial charge on any atom is -0.494 e. The molecule has 1 saturated heterocycles. The number of aromatic nitrogens is 3. The second-order valence-corrected chi connectivity index (χ2v) is 7.28. The van der Waals surface area contributed by atoms with Crippen LogP contribution < -0.4 is 4.74 Å². The van der Waals surface area contributed by atoms with Crippen LogP contribution in [0.1, 0.15) is 29.7 Å². The number of furan rings is 1. The van der Waals surface area contributed by atoms with Gasteiger partial charge in [0.15, 0.2) is 17.2 Å². The summed E-state index contributed by atoms with van der Waals surface area (Å²) in [6.07, 6.45) is 4.24. The van der Waals surface area contributed by atoms with E-state index in [9.17, 15) is 4.79 Å². The molecule has 0 radical (unpaired) electrons. The molecule has 1 aliphatic heterocycles. The van der Waals surface area contributed by atoms with Gasteiger partial charge in [0, 0.05) is 24.8 Å². The third-order valence-corrected chi connectivity index (χ3v) is 5.42. The molecule has 1 atom stereocenters. The summed E-state index contributed by atoms with van der Waals surface area (Å²) in [5.41, 5.74) is 2.29. The van der Waals surface area contributed by atoms with Gasteiger partial charge in [-0.25, -0.2) is 9.97 Å². The smallest absolute Gasteiger partial charge is 0.253 e. The van der Waals surface area contributed by atoms with E-state index in [4.69, 9.17) is 14.1 Å². The summed E-state index contributed by atoms with van der Waals surface area (Å²) in [4.78, 5) is 24.2. The Hall–Kier alpha value is -3.61. The number of likely N-dealkylation sites (tertiary alicyclic amines) is 1. The molecule has 7 heteroatoms. The fraction of sp³-hybridized carbons (Fsp3) is 0.261. The first-order chi connectivity index (χ1) is 14.7. The molecule has 4 aromatic rings. The van der Waals surface area contributed by atoms with Crippen molar-refractivity contribution in [3.63, 3.8) is 0 Å². The zero-order chi connectivity index (χ0) is 20.5. The highest BCUT2D eigenvalue weighted by molar-refractivity contribution is 5.94. The zero-order valence-electron chi connectivity index (χ0n) is 16.7. The average Bonchev–Trinajstić information content (AvgIpc) is 3.52. The molecule has 1 fully saturated rings. The minimum absolute atomic E-state index is 0.0254. The number of imidazole rings is 1. The Morgan fingerprint density at radius 1 is 1.20 bits per heavy atom. The maximum atomic E-state index is 13.0. The molecule has 7 nitrogen and oxygen atoms in total. The lowest BCUT2D eigenvalue weighted by atomic mass is 10.2. The van der Waals surface area contributed by atoms with Crippen LogP contribution in [0.4, 0.5) is 0 Å². The first kappa shape index (κ1) is 18.4. The molecule has 152 valence electrons. The summed E-state index contributed by atoms with van der Waals surface area (Å²) >= 11 is 0. The Kier molecular flexibility index (Phi) is 4.71. The van der Waals surface area contributed by atoms with E-state index in [2.05, 4.69) is 9.55 Å². The Balaban J connectivity index is 1.43. The van der Waals surface area contributed by atoms with Crippen LogP contribution in [0.2, 0.25) is 0 Å². The van der Waals surface area contributed by atoms with Crippen LogP contribution in [0.5, 0.6) is 5.75 Å². The molecule has 0 unspecified atom stereocenters. The molecule has 4 heterocycles. The molecule has 30 heavy (non-hydrogen) atoms. The zero-order valence-corrected chi connectivity index (χ0v) is 16.7. The standard InChI is InChI=1S/C23H22N4O3/c1-2-29-18-9-7-16(8-10-18)23(28)26-13-11-17(15-26)27-21-19(5-3-12-24-21)25-22(27)20-6-4-14-30-20/h3-10,12,14,17H,2,11,13,15H2,1H3/t17-/m1/s1. The van der Waals surface area contributed by atoms with Crippen molar-refractivity contribution in [3.05, 3.63) is 66.6 Å². The number of rotatable bonds is 5. The Bertz CT molecular complexity index is 1170. The predicted octanol–water partition coefficient (Wildman–Crippen LogP) is 4.18. The molecule has 1 aromatic carbocycles. The average molecular weight is 402 g/mol. The molecule has 0 saturated carbocycles. The van der Waals surface area contributed by atoms with Crippen molar-refractivity contribution in [3.8, 4) is 17.3 Å². The van der Waals surface area contributed by atoms with E-state index in [1.54, 1.807) is 12.5 Å². The van der Waals surface area contributed by atoms with Gasteiger partial charge in [-0.15, -0.1) is 0 Å². The Morgan fingerprint density at radius 3 is 2.83 bits per heavy atom. The molecule has 1 amide bonds. The number of ether oxygens (including phenoxy) is 1. The Labute approximate surface area is 173 Å². The summed E-state index contributed by atoms with van der Waals surface area (Å²) in [5.74, 6) is 2.24. The van der Waals surface area contributed by atoms with E-state index < -0.39 is 0 Å². The lowest BCUT2D eigenvalue weighted by Crippen LogP contribution is -2.29. The van der Waals surface area contributed by atoms with E-state index in [-0.39, 0.29) is 11.9 Å². The van der Waals surface area contributed by atoms with Gasteiger partial charge in [0.05, 0.1) is 18.9 Å². The third-order valence-electron chi connectivity index (χ3n) is 5.42. The number of hydrogen-bond donors (Lipinski definition) is 0. The van der Waals surface area contributed by atoms with Gasteiger partial charge in [0.25, 0.3) is 5.91 Å². The van der Waals surface area contributed by atoms with Crippen LogP contribution in [-0.4, -0.2) is 45.0 Å². The molecular formula is C23H22N4O3. The van der Waals surface area contributed by atoms with Crippen LogP contribution in [0.25, 0.3) is 22.7 Å². The lowest BCUT2D eigenvalue weighted by Gasteiger charge is -2.18. The molecular weight excluding hydrogens is 380 g/mol. The summed E-state index contributed by atoms with van der Waals surface area (Å²) in [5, 5.41) is 0. The van der Waals surface area contributed by atoms with Gasteiger partial charge in [-0.1, -0.05) is 0 Å². The highest BCUT2D eigenvalue weighted by Gasteiger charge is 2.31. The van der Waals surface area contributed by atoms with Crippen molar-refractivity contribution in [2.24, 2.45) is 0 Å². The topological polar surface area (TPSA) is 73.4 Å². The van der Waals surface area contributed by atoms with Gasteiger partial charge >= 0.3 is 0 Å². The van der Waals surface area contributed by atoms with Crippen molar-refractivity contribution >= 4 is 17.1 Å². The van der Waals surface area contributed by atoms with Crippen molar-refractivity contribution in [2.45, 2.75) is 19.4 Å². The fourth-order valence-electron chi connectivity index (χ4n) is 4.04. The van der Waals surface area contributed by atoms with Gasteiger partial charge in [0.2, 0.25) is 0 Å². The third kappa shape index (κ3) is 3.22. The summed E-state index contributed by atoms with van der Waals surface area (Å²) in [7, 11) is 0. The largest absolute Gasteiger partial charge is 0.494 e. The number of carbonyl (C=O) groups excluding carboxylic acids is 1. The summed E-state index contributed by atoms with van der Waals surface area (Å²) in [6, 6.07) is 15.0. The van der Waals surface area contributed by atoms with Crippen molar-refractivity contribution in [1.29, 1.82) is 0 Å². The lowest BCUT2D eigenvalue weighted by molar-refractivity contribution is 0.0788. The number of fused-ring (bicyclic) bond motifs is 1. The highest BCUT2D eigenvalue weighted by Crippen LogP contribution is 2.32. The van der Waals surface area contributed by atoms with Gasteiger partial charge < -0.3 is 18.6 Å². The molecule has 0 bridgehead atoms. The molecule has 0 N–H and O–H groups in total. The second kappa shape index (κ2) is 7.67. The number of carbonyl (C=O) groups is 1. The van der Waals surface area contributed by atoms with E-state index in [0.717, 1.165) is 29.2 Å². The summed E-state index contributed by atoms with van der Waals surface area (Å²) < 4.78 is 13.2. The van der Waals surface area contributed by atoms with Crippen molar-refractivity contribution < 1.29 is 13.9 Å². The van der Waals surface area contributed by atoms with Crippen molar-refractivity contribution in [2.75, 3.05) is 19.7 Å². The first-order valence-corrected chi connectivity index (χ1v) is 10.1. The predicted molar refractivity (Wildman–Crippen MR) is 112 cm³/mol. The highest BCUT2D eigenvalue weighted by atomic mass is 16.5. The van der Waals surface area contributed by atoms with E-state index in [1.165, 1.54) is 0 Å². The van der Waals surface area contributed by atoms with Crippen LogP contribution in [-0.2, 0) is 0 Å². The van der Waals surface area contributed by atoms with E-state index >= 15 is 0 Å². The number of hydrogen-bond acceptors (Lipinski definition) is 5. The maximum Gasteiger partial charge on any atom is 0.253 e. The van der Waals surface area contributed by atoms with Crippen molar-refractivity contribution in [1.82, 2.24) is 19.4 Å². The fourth-order valence-corrected chi connectivity index (χ4v) is 4.04. The monoisotopic (exact) mass is 402 g/mol. The normalized spacial score (nSPS) is 16.3. The maximum absolute atomic E-state index is 13.0. The molecule has 0 aliphatic carbocycles. The summed E-state index contributed by atoms with van der Waals surface area (Å²) in [6.45, 7) is 3.82. The van der Waals surface area contributed by atoms with Crippen LogP contribution in [0.3, 0.4) is 0 Å². The van der Waals surface area contributed by atoms with Crippen LogP contribution in [0, 0.1) is 0 Å². The Morgan fingerprint density at radius 2 is 2.07 bits per heavy atom. The van der Waals surface area contributed by atoms with Gasteiger partial charge in [-0.05, 0) is 61.9 Å². The molecule has 0 spiro atoms. The number of benzene rings is 1.